The third kappa shape index (κ3) is 1.51. The van der Waals surface area contributed by atoms with E-state index in [1.54, 1.807) is 13.0 Å². The van der Waals surface area contributed by atoms with E-state index >= 15 is 0 Å². The molecule has 0 saturated carbocycles. The van der Waals surface area contributed by atoms with Gasteiger partial charge >= 0.3 is 5.97 Å². The highest BCUT2D eigenvalue weighted by Gasteiger charge is 2.18. The predicted octanol–water partition coefficient (Wildman–Crippen LogP) is 1.38. The second kappa shape index (κ2) is 3.57. The van der Waals surface area contributed by atoms with Crippen LogP contribution in [-0.4, -0.2) is 18.2 Å². The van der Waals surface area contributed by atoms with Gasteiger partial charge in [0.25, 0.3) is 0 Å². The summed E-state index contributed by atoms with van der Waals surface area (Å²) in [5.41, 5.74) is 7.39. The Morgan fingerprint density at radius 2 is 2.07 bits per heavy atom. The normalized spacial score (nSPS) is 9.93. The molecule has 0 unspecified atom stereocenters. The average molecular weight is 195 g/mol. The topological polar surface area (TPSA) is 72.5 Å². The maximum absolute atomic E-state index is 11.3. The Morgan fingerprint density at radius 3 is 2.57 bits per heavy atom. The van der Waals surface area contributed by atoms with Crippen LogP contribution in [0.4, 0.5) is 5.69 Å². The van der Waals surface area contributed by atoms with Crippen molar-refractivity contribution in [1.29, 1.82) is 0 Å². The Hall–Kier alpha value is -1.71. The van der Waals surface area contributed by atoms with Crippen molar-refractivity contribution in [2.45, 2.75) is 13.8 Å². The van der Waals surface area contributed by atoms with E-state index < -0.39 is 5.97 Å². The van der Waals surface area contributed by atoms with Crippen molar-refractivity contribution in [3.05, 3.63) is 22.8 Å². The van der Waals surface area contributed by atoms with E-state index in [0.717, 1.165) is 5.56 Å². The molecule has 3 N–H and O–H groups in total. The first-order chi connectivity index (χ1) is 6.49. The highest BCUT2D eigenvalue weighted by molar-refractivity contribution is 5.96. The number of benzene rings is 1. The summed E-state index contributed by atoms with van der Waals surface area (Å²) in [5.74, 6) is -0.782. The van der Waals surface area contributed by atoms with Crippen molar-refractivity contribution in [3.8, 4) is 5.75 Å². The molecular formula is C10H13NO3. The Balaban J connectivity index is 3.47. The van der Waals surface area contributed by atoms with Crippen molar-refractivity contribution in [3.63, 3.8) is 0 Å². The lowest BCUT2D eigenvalue weighted by Gasteiger charge is -2.11. The molecule has 0 aliphatic rings. The Bertz CT molecular complexity index is 359. The predicted molar refractivity (Wildman–Crippen MR) is 53.3 cm³/mol. The molecule has 0 aromatic heterocycles. The molecule has 4 heteroatoms. The summed E-state index contributed by atoms with van der Waals surface area (Å²) in [4.78, 5) is 11.3. The van der Waals surface area contributed by atoms with Gasteiger partial charge in [-0.2, -0.15) is 0 Å². The summed E-state index contributed by atoms with van der Waals surface area (Å²) in [5, 5.41) is 9.58. The summed E-state index contributed by atoms with van der Waals surface area (Å²) in [6.07, 6.45) is 0. The number of esters is 1. The van der Waals surface area contributed by atoms with Crippen LogP contribution in [0.5, 0.6) is 5.75 Å². The lowest BCUT2D eigenvalue weighted by atomic mass is 10.0. The van der Waals surface area contributed by atoms with Crippen LogP contribution >= 0.6 is 0 Å². The van der Waals surface area contributed by atoms with Crippen molar-refractivity contribution in [2.75, 3.05) is 12.8 Å². The van der Waals surface area contributed by atoms with Gasteiger partial charge in [0.1, 0.15) is 5.56 Å². The van der Waals surface area contributed by atoms with Gasteiger partial charge in [0, 0.05) is 0 Å². The summed E-state index contributed by atoms with van der Waals surface area (Å²) in [7, 11) is 1.26. The Labute approximate surface area is 82.3 Å². The molecule has 4 nitrogen and oxygen atoms in total. The SMILES string of the molecule is COC(=O)c1c(C)c(C)cc(N)c1O. The number of carbonyl (C=O) groups is 1. The monoisotopic (exact) mass is 195 g/mol. The molecule has 0 bridgehead atoms. The molecule has 1 rings (SSSR count). The molecule has 0 atom stereocenters. The minimum absolute atomic E-state index is 0.144. The highest BCUT2D eigenvalue weighted by atomic mass is 16.5. The number of rotatable bonds is 1. The molecule has 76 valence electrons. The summed E-state index contributed by atoms with van der Waals surface area (Å²) >= 11 is 0. The van der Waals surface area contributed by atoms with Crippen LogP contribution in [0.3, 0.4) is 0 Å². The van der Waals surface area contributed by atoms with Crippen LogP contribution in [-0.2, 0) is 4.74 Å². The van der Waals surface area contributed by atoms with E-state index in [0.29, 0.717) is 5.56 Å². The average Bonchev–Trinajstić information content (AvgIpc) is 2.15. The molecule has 0 amide bonds. The number of aromatic hydroxyl groups is 1. The van der Waals surface area contributed by atoms with E-state index in [2.05, 4.69) is 4.74 Å². The van der Waals surface area contributed by atoms with Gasteiger partial charge in [0.2, 0.25) is 0 Å². The second-order valence-electron chi connectivity index (χ2n) is 3.12. The fourth-order valence-electron chi connectivity index (χ4n) is 1.28. The van der Waals surface area contributed by atoms with Gasteiger partial charge < -0.3 is 15.6 Å². The molecule has 14 heavy (non-hydrogen) atoms. The van der Waals surface area contributed by atoms with Gasteiger partial charge in [0.05, 0.1) is 12.8 Å². The Kier molecular flexibility index (Phi) is 2.65. The molecule has 0 radical (unpaired) electrons. The van der Waals surface area contributed by atoms with Crippen LogP contribution in [0.1, 0.15) is 21.5 Å². The fraction of sp³-hybridized carbons (Fsp3) is 0.300. The fourth-order valence-corrected chi connectivity index (χ4v) is 1.28. The smallest absolute Gasteiger partial charge is 0.342 e. The molecule has 0 aliphatic carbocycles. The first-order valence-electron chi connectivity index (χ1n) is 4.16. The molecule has 0 spiro atoms. The third-order valence-electron chi connectivity index (χ3n) is 2.24. The third-order valence-corrected chi connectivity index (χ3v) is 2.24. The zero-order chi connectivity index (χ0) is 10.9. The second-order valence-corrected chi connectivity index (χ2v) is 3.12. The maximum atomic E-state index is 11.3. The number of nitrogen functional groups attached to an aromatic ring is 1. The van der Waals surface area contributed by atoms with Gasteiger partial charge in [-0.05, 0) is 31.0 Å². The number of hydrogen-bond donors (Lipinski definition) is 2. The number of ether oxygens (including phenoxy) is 1. The lowest BCUT2D eigenvalue weighted by Crippen LogP contribution is -2.07. The zero-order valence-corrected chi connectivity index (χ0v) is 8.42. The largest absolute Gasteiger partial charge is 0.505 e. The number of anilines is 1. The van der Waals surface area contributed by atoms with Gasteiger partial charge in [0.15, 0.2) is 5.75 Å². The standard InChI is InChI=1S/C10H13NO3/c1-5-4-7(11)9(12)8(6(5)2)10(13)14-3/h4,12H,11H2,1-3H3. The van der Waals surface area contributed by atoms with E-state index in [1.807, 2.05) is 6.92 Å². The Morgan fingerprint density at radius 1 is 1.50 bits per heavy atom. The van der Waals surface area contributed by atoms with Gasteiger partial charge in [-0.1, -0.05) is 0 Å². The quantitative estimate of drug-likeness (QED) is 0.403. The lowest BCUT2D eigenvalue weighted by molar-refractivity contribution is 0.0596. The molecule has 1 aromatic rings. The molecule has 1 aromatic carbocycles. The zero-order valence-electron chi connectivity index (χ0n) is 8.42. The number of carbonyl (C=O) groups excluding carboxylic acids is 1. The van der Waals surface area contributed by atoms with Crippen LogP contribution in [0.15, 0.2) is 6.07 Å². The van der Waals surface area contributed by atoms with Crippen LogP contribution < -0.4 is 5.73 Å². The van der Waals surface area contributed by atoms with Crippen LogP contribution in [0.2, 0.25) is 0 Å². The van der Waals surface area contributed by atoms with Gasteiger partial charge in [-0.3, -0.25) is 0 Å². The molecule has 0 fully saturated rings. The van der Waals surface area contributed by atoms with Crippen LogP contribution in [0.25, 0.3) is 0 Å². The van der Waals surface area contributed by atoms with E-state index in [4.69, 9.17) is 5.73 Å². The minimum Gasteiger partial charge on any atom is -0.505 e. The van der Waals surface area contributed by atoms with Crippen molar-refractivity contribution >= 4 is 11.7 Å². The number of aryl methyl sites for hydroxylation is 1. The number of phenolic OH excluding ortho intramolecular Hbond substituents is 1. The van der Waals surface area contributed by atoms with Crippen LogP contribution in [0, 0.1) is 13.8 Å². The van der Waals surface area contributed by atoms with Crippen molar-refractivity contribution in [2.24, 2.45) is 0 Å². The molecule has 0 aliphatic heterocycles. The summed E-state index contributed by atoms with van der Waals surface area (Å²) in [6, 6.07) is 1.62. The first kappa shape index (κ1) is 10.4. The van der Waals surface area contributed by atoms with E-state index in [-0.39, 0.29) is 17.0 Å². The van der Waals surface area contributed by atoms with E-state index in [9.17, 15) is 9.90 Å². The van der Waals surface area contributed by atoms with E-state index in [1.165, 1.54) is 7.11 Å². The number of phenols is 1. The number of hydrogen-bond acceptors (Lipinski definition) is 4. The molecule has 0 saturated heterocycles. The minimum atomic E-state index is -0.574. The van der Waals surface area contributed by atoms with Crippen molar-refractivity contribution in [1.82, 2.24) is 0 Å². The van der Waals surface area contributed by atoms with Gasteiger partial charge in [-0.25, -0.2) is 4.79 Å². The molecular weight excluding hydrogens is 182 g/mol. The highest BCUT2D eigenvalue weighted by Crippen LogP contribution is 2.30. The van der Waals surface area contributed by atoms with Gasteiger partial charge in [-0.15, -0.1) is 0 Å². The number of methoxy groups -OCH3 is 1. The number of nitrogens with two attached hydrogens (primary N) is 1. The van der Waals surface area contributed by atoms with Crippen molar-refractivity contribution < 1.29 is 14.6 Å². The molecule has 0 heterocycles. The summed E-state index contributed by atoms with van der Waals surface area (Å²) < 4.78 is 4.55. The maximum Gasteiger partial charge on any atom is 0.342 e. The first-order valence-corrected chi connectivity index (χ1v) is 4.16. The summed E-state index contributed by atoms with van der Waals surface area (Å²) in [6.45, 7) is 3.55.